The molecule has 1 aliphatic carbocycles. The van der Waals surface area contributed by atoms with E-state index in [2.05, 4.69) is 91.7 Å². The zero-order valence-electron chi connectivity index (χ0n) is 15.8. The minimum Gasteiger partial charge on any atom is -1.00 e. The van der Waals surface area contributed by atoms with Crippen molar-refractivity contribution < 1.29 is 51.0 Å². The van der Waals surface area contributed by atoms with Crippen LogP contribution < -0.4 is 24.8 Å². The van der Waals surface area contributed by atoms with Gasteiger partial charge in [-0.15, -0.1) is 34.5 Å². The Bertz CT molecular complexity index is 1060. The summed E-state index contributed by atoms with van der Waals surface area (Å²) in [6, 6.07) is 21.6. The fourth-order valence-electron chi connectivity index (χ4n) is 3.36. The molecular formula is C24H20Cl2NZr. The summed E-state index contributed by atoms with van der Waals surface area (Å²) >= 11 is 0. The maximum Gasteiger partial charge on any atom is 3.00 e. The summed E-state index contributed by atoms with van der Waals surface area (Å²) in [7, 11) is 0. The molecule has 0 unspecified atom stereocenters. The summed E-state index contributed by atoms with van der Waals surface area (Å²) in [5, 5.41) is 2.69. The summed E-state index contributed by atoms with van der Waals surface area (Å²) in [6.07, 6.45) is 8.10. The van der Waals surface area contributed by atoms with Crippen LogP contribution in [0.25, 0.3) is 21.9 Å². The smallest absolute Gasteiger partial charge is 1.00 e. The van der Waals surface area contributed by atoms with Gasteiger partial charge in [-0.1, -0.05) is 48.9 Å². The van der Waals surface area contributed by atoms with E-state index in [4.69, 9.17) is 0 Å². The van der Waals surface area contributed by atoms with Gasteiger partial charge in [-0.05, 0) is 36.3 Å². The number of rotatable bonds is 1. The molecule has 0 saturated carbocycles. The summed E-state index contributed by atoms with van der Waals surface area (Å²) in [6.45, 7) is 4.23. The van der Waals surface area contributed by atoms with Gasteiger partial charge in [0.05, 0.1) is 5.71 Å². The normalized spacial score (nSPS) is 13.0. The van der Waals surface area contributed by atoms with Crippen molar-refractivity contribution in [1.29, 1.82) is 0 Å². The van der Waals surface area contributed by atoms with Crippen molar-refractivity contribution >= 4 is 16.5 Å². The Morgan fingerprint density at radius 3 is 2.32 bits per heavy atom. The second-order valence-corrected chi connectivity index (χ2v) is 6.53. The molecule has 1 aliphatic heterocycles. The number of halogens is 2. The van der Waals surface area contributed by atoms with Gasteiger partial charge < -0.3 is 24.8 Å². The Balaban J connectivity index is 0.000000284. The second-order valence-electron chi connectivity index (χ2n) is 6.53. The third kappa shape index (κ3) is 5.26. The first-order chi connectivity index (χ1) is 12.2. The fourth-order valence-corrected chi connectivity index (χ4v) is 3.36. The van der Waals surface area contributed by atoms with Gasteiger partial charge in [0, 0.05) is 11.8 Å². The summed E-state index contributed by atoms with van der Waals surface area (Å²) in [4.78, 5) is 4.14. The van der Waals surface area contributed by atoms with Gasteiger partial charge >= 0.3 is 26.2 Å². The van der Waals surface area contributed by atoms with Gasteiger partial charge in [0.15, 0.2) is 0 Å². The minimum absolute atomic E-state index is 0. The van der Waals surface area contributed by atoms with Gasteiger partial charge in [0.1, 0.15) is 0 Å². The molecule has 0 saturated heterocycles. The monoisotopic (exact) mass is 482 g/mol. The summed E-state index contributed by atoms with van der Waals surface area (Å²) < 4.78 is 0. The molecule has 2 aliphatic rings. The first-order valence-corrected chi connectivity index (χ1v) is 8.57. The fraction of sp³-hybridized carbons (Fsp3) is 0.0833. The van der Waals surface area contributed by atoms with Crippen LogP contribution in [0.15, 0.2) is 101 Å². The van der Waals surface area contributed by atoms with Gasteiger partial charge in [-0.2, -0.15) is 6.07 Å². The molecule has 0 atom stereocenters. The Labute approximate surface area is 198 Å². The van der Waals surface area contributed by atoms with Crippen LogP contribution in [-0.2, 0) is 26.2 Å². The van der Waals surface area contributed by atoms with E-state index in [1.807, 2.05) is 12.3 Å². The average molecular weight is 485 g/mol. The standard InChI is InChI=1S/C16H13.C8H7N.2ClH.Zr/c1-12-10-14-8-5-9-15(16(14)11-12)13-6-3-2-4-7-13;1-6-4-7-2-3-9-8(7)5-6;;;/h2-11H,1H3;2-5H,1H3;2*1H;/q-1;;;;+3/p-2. The van der Waals surface area contributed by atoms with E-state index in [9.17, 15) is 0 Å². The molecule has 0 aromatic heterocycles. The van der Waals surface area contributed by atoms with E-state index in [-0.39, 0.29) is 51.0 Å². The van der Waals surface area contributed by atoms with Crippen molar-refractivity contribution in [3.63, 3.8) is 0 Å². The van der Waals surface area contributed by atoms with Gasteiger partial charge in [0.25, 0.3) is 0 Å². The van der Waals surface area contributed by atoms with Crippen LogP contribution in [0.3, 0.4) is 0 Å². The molecule has 4 heteroatoms. The van der Waals surface area contributed by atoms with E-state index in [0.29, 0.717) is 0 Å². The maximum absolute atomic E-state index is 4.14. The molecule has 0 fully saturated rings. The zero-order chi connectivity index (χ0) is 17.2. The Morgan fingerprint density at radius 2 is 1.61 bits per heavy atom. The summed E-state index contributed by atoms with van der Waals surface area (Å²) in [5.74, 6) is 0. The van der Waals surface area contributed by atoms with Crippen LogP contribution in [0.5, 0.6) is 0 Å². The SMILES string of the molecule is CC1=CC2=NC=CC2=C1.Cc1cc2c(-c3ccccc3)cccc2[cH-]1.[Cl-].[Cl-].[Zr+3]. The molecule has 0 N–H and O–H groups in total. The predicted octanol–water partition coefficient (Wildman–Crippen LogP) is 0.381. The van der Waals surface area contributed by atoms with Crippen LogP contribution in [0.4, 0.5) is 0 Å². The van der Waals surface area contributed by atoms with Crippen molar-refractivity contribution in [3.05, 3.63) is 102 Å². The molecule has 0 spiro atoms. The largest absolute Gasteiger partial charge is 3.00 e. The number of hydrogen-bond donors (Lipinski definition) is 0. The molecule has 28 heavy (non-hydrogen) atoms. The Kier molecular flexibility index (Phi) is 9.44. The minimum atomic E-state index is 0. The van der Waals surface area contributed by atoms with Crippen molar-refractivity contribution in [2.75, 3.05) is 0 Å². The van der Waals surface area contributed by atoms with Crippen LogP contribution in [0.2, 0.25) is 0 Å². The number of aliphatic imine (C=N–C) groups is 1. The van der Waals surface area contributed by atoms with Gasteiger partial charge in [-0.3, -0.25) is 4.99 Å². The number of nitrogens with zero attached hydrogens (tertiary/aromatic N) is 1. The maximum atomic E-state index is 4.14. The number of allylic oxidation sites excluding steroid dienone is 5. The molecule has 3 aromatic carbocycles. The zero-order valence-corrected chi connectivity index (χ0v) is 19.8. The topological polar surface area (TPSA) is 12.4 Å². The summed E-state index contributed by atoms with van der Waals surface area (Å²) in [5.41, 5.74) is 7.62. The number of hydrogen-bond acceptors (Lipinski definition) is 1. The molecule has 1 radical (unpaired) electrons. The Hall–Kier alpha value is -1.60. The molecule has 139 valence electrons. The molecule has 3 aromatic rings. The molecular weight excluding hydrogens is 464 g/mol. The first-order valence-electron chi connectivity index (χ1n) is 8.57. The number of benzene rings is 2. The van der Waals surface area contributed by atoms with Gasteiger partial charge in [-0.25, -0.2) is 0 Å². The molecule has 1 heterocycles. The van der Waals surface area contributed by atoms with Crippen LogP contribution in [0.1, 0.15) is 12.5 Å². The molecule has 0 bridgehead atoms. The number of aryl methyl sites for hydroxylation is 1. The molecule has 5 rings (SSSR count). The van der Waals surface area contributed by atoms with Crippen LogP contribution in [-0.4, -0.2) is 5.71 Å². The van der Waals surface area contributed by atoms with Crippen LogP contribution >= 0.6 is 0 Å². The van der Waals surface area contributed by atoms with Gasteiger partial charge in [0.2, 0.25) is 0 Å². The third-order valence-electron chi connectivity index (χ3n) is 4.49. The molecule has 0 amide bonds. The van der Waals surface area contributed by atoms with E-state index in [1.54, 1.807) is 0 Å². The van der Waals surface area contributed by atoms with Crippen molar-refractivity contribution in [3.8, 4) is 11.1 Å². The average Bonchev–Trinajstić information content (AvgIpc) is 3.29. The number of fused-ring (bicyclic) bond motifs is 2. The van der Waals surface area contributed by atoms with Crippen molar-refractivity contribution in [2.24, 2.45) is 4.99 Å². The van der Waals surface area contributed by atoms with E-state index < -0.39 is 0 Å². The second kappa shape index (κ2) is 10.8. The third-order valence-corrected chi connectivity index (χ3v) is 4.49. The van der Waals surface area contributed by atoms with Crippen molar-refractivity contribution in [2.45, 2.75) is 13.8 Å². The molecule has 1 nitrogen and oxygen atoms in total. The van der Waals surface area contributed by atoms with E-state index in [0.717, 1.165) is 5.71 Å². The Morgan fingerprint density at radius 1 is 0.857 bits per heavy atom. The quantitative estimate of drug-likeness (QED) is 0.443. The van der Waals surface area contributed by atoms with E-state index >= 15 is 0 Å². The van der Waals surface area contributed by atoms with Crippen molar-refractivity contribution in [1.82, 2.24) is 0 Å². The van der Waals surface area contributed by atoms with Crippen LogP contribution in [0, 0.1) is 6.92 Å². The first kappa shape index (κ1) is 24.4. The predicted molar refractivity (Wildman–Crippen MR) is 108 cm³/mol. The van der Waals surface area contributed by atoms with E-state index in [1.165, 1.54) is 38.6 Å².